The van der Waals surface area contributed by atoms with E-state index >= 15 is 0 Å². The topological polar surface area (TPSA) is 116 Å². The summed E-state index contributed by atoms with van der Waals surface area (Å²) in [6, 6.07) is 2.89. The average molecular weight is 461 g/mol. The summed E-state index contributed by atoms with van der Waals surface area (Å²) in [5, 5.41) is 17.8. The monoisotopic (exact) mass is 460 g/mol. The van der Waals surface area contributed by atoms with Gasteiger partial charge < -0.3 is 24.2 Å². The van der Waals surface area contributed by atoms with Crippen molar-refractivity contribution in [1.82, 2.24) is 19.9 Å². The molecule has 10 heteroatoms. The molecule has 1 N–H and O–H groups in total. The van der Waals surface area contributed by atoms with Gasteiger partial charge >= 0.3 is 5.97 Å². The fourth-order valence-corrected chi connectivity index (χ4v) is 4.12. The lowest BCUT2D eigenvalue weighted by atomic mass is 10.0. The van der Waals surface area contributed by atoms with Crippen LogP contribution < -0.4 is 14.2 Å². The number of hydrogen-bond acceptors (Lipinski definition) is 7. The standard InChI is InChI=1S/C23H32N4O6/c1-31-19-14-21(33-3)20(32-2)13-16(19)17-15-26(25-24-17)11-7-4-5-10-22(28)27-12-8-6-9-18(27)23(29)30/h13-15,18H,4-12H2,1-3H3,(H,29,30)/t18-/m0/s1. The number of ether oxygens (including phenoxy) is 3. The molecule has 3 rings (SSSR count). The number of piperidine rings is 1. The molecule has 2 heterocycles. The number of rotatable bonds is 11. The number of benzene rings is 1. The van der Waals surface area contributed by atoms with Crippen LogP contribution in [0, 0.1) is 0 Å². The Kier molecular flexibility index (Phi) is 8.51. The lowest BCUT2D eigenvalue weighted by Gasteiger charge is -2.33. The summed E-state index contributed by atoms with van der Waals surface area (Å²) in [6.45, 7) is 1.20. The van der Waals surface area contributed by atoms with E-state index in [0.29, 0.717) is 55.3 Å². The number of likely N-dealkylation sites (tertiary alicyclic amines) is 1. The number of carbonyl (C=O) groups is 2. The van der Waals surface area contributed by atoms with Gasteiger partial charge in [0.2, 0.25) is 5.91 Å². The third-order valence-electron chi connectivity index (χ3n) is 5.91. The van der Waals surface area contributed by atoms with Gasteiger partial charge in [-0.05, 0) is 38.2 Å². The zero-order chi connectivity index (χ0) is 23.8. The first-order valence-corrected chi connectivity index (χ1v) is 11.2. The molecule has 0 saturated carbocycles. The van der Waals surface area contributed by atoms with E-state index in [1.807, 2.05) is 12.3 Å². The number of carboxylic acid groups (broad SMARTS) is 1. The second kappa shape index (κ2) is 11.5. The van der Waals surface area contributed by atoms with E-state index in [1.165, 1.54) is 4.90 Å². The largest absolute Gasteiger partial charge is 0.496 e. The molecule has 1 aliphatic heterocycles. The van der Waals surface area contributed by atoms with Gasteiger partial charge in [0.05, 0.1) is 27.5 Å². The van der Waals surface area contributed by atoms with Crippen LogP contribution >= 0.6 is 0 Å². The summed E-state index contributed by atoms with van der Waals surface area (Å²) in [6.07, 6.45) is 6.88. The molecule has 1 aliphatic rings. The van der Waals surface area contributed by atoms with Gasteiger partial charge in [0.25, 0.3) is 0 Å². The first-order chi connectivity index (χ1) is 16.0. The number of aromatic nitrogens is 3. The summed E-state index contributed by atoms with van der Waals surface area (Å²) in [7, 11) is 4.72. The maximum Gasteiger partial charge on any atom is 0.326 e. The molecular weight excluding hydrogens is 428 g/mol. The van der Waals surface area contributed by atoms with Crippen molar-refractivity contribution in [1.29, 1.82) is 0 Å². The van der Waals surface area contributed by atoms with Gasteiger partial charge in [-0.1, -0.05) is 11.6 Å². The fourth-order valence-electron chi connectivity index (χ4n) is 4.12. The van der Waals surface area contributed by atoms with E-state index in [2.05, 4.69) is 10.3 Å². The second-order valence-corrected chi connectivity index (χ2v) is 8.02. The van der Waals surface area contributed by atoms with Crippen LogP contribution in [0.2, 0.25) is 0 Å². The highest BCUT2D eigenvalue weighted by Crippen LogP contribution is 2.39. The van der Waals surface area contributed by atoms with Crippen molar-refractivity contribution < 1.29 is 28.9 Å². The van der Waals surface area contributed by atoms with Crippen LogP contribution in [-0.2, 0) is 16.1 Å². The van der Waals surface area contributed by atoms with Crippen LogP contribution in [0.5, 0.6) is 17.2 Å². The lowest BCUT2D eigenvalue weighted by Crippen LogP contribution is -2.47. The molecule has 0 radical (unpaired) electrons. The Bertz CT molecular complexity index is 960. The van der Waals surface area contributed by atoms with Gasteiger partial charge in [-0.25, -0.2) is 4.79 Å². The molecule has 0 aliphatic carbocycles. The molecule has 10 nitrogen and oxygen atoms in total. The van der Waals surface area contributed by atoms with E-state index in [-0.39, 0.29) is 5.91 Å². The lowest BCUT2D eigenvalue weighted by molar-refractivity contribution is -0.152. The minimum absolute atomic E-state index is 0.0642. The number of aliphatic carboxylic acids is 1. The van der Waals surface area contributed by atoms with Gasteiger partial charge in [-0.3, -0.25) is 9.48 Å². The van der Waals surface area contributed by atoms with Crippen molar-refractivity contribution >= 4 is 11.9 Å². The van der Waals surface area contributed by atoms with Crippen LogP contribution in [0.4, 0.5) is 0 Å². The summed E-state index contributed by atoms with van der Waals surface area (Å²) in [4.78, 5) is 25.4. The highest BCUT2D eigenvalue weighted by atomic mass is 16.5. The smallest absolute Gasteiger partial charge is 0.326 e. The molecule has 0 spiro atoms. The van der Waals surface area contributed by atoms with Crippen molar-refractivity contribution in [3.8, 4) is 28.5 Å². The van der Waals surface area contributed by atoms with E-state index in [1.54, 1.807) is 32.1 Å². The Balaban J connectivity index is 1.51. The SMILES string of the molecule is COc1cc(OC)c(-c2cn(CCCCCC(=O)N3CCCC[C@H]3C(=O)O)nn2)cc1OC. The number of carbonyl (C=O) groups excluding carboxylic acids is 1. The average Bonchev–Trinajstić information content (AvgIpc) is 3.31. The summed E-state index contributed by atoms with van der Waals surface area (Å²) >= 11 is 0. The Hall–Kier alpha value is -3.30. The van der Waals surface area contributed by atoms with E-state index in [9.17, 15) is 14.7 Å². The number of carboxylic acids is 1. The first-order valence-electron chi connectivity index (χ1n) is 11.2. The van der Waals surface area contributed by atoms with E-state index < -0.39 is 12.0 Å². The number of unbranched alkanes of at least 4 members (excludes halogenated alkanes) is 2. The van der Waals surface area contributed by atoms with Gasteiger partial charge in [-0.15, -0.1) is 5.10 Å². The molecule has 180 valence electrons. The third kappa shape index (κ3) is 5.94. The Morgan fingerprint density at radius 1 is 1.03 bits per heavy atom. The summed E-state index contributed by atoms with van der Waals surface area (Å²) in [5.41, 5.74) is 1.41. The number of aryl methyl sites for hydroxylation is 1. The van der Waals surface area contributed by atoms with Crippen molar-refractivity contribution in [2.24, 2.45) is 0 Å². The van der Waals surface area contributed by atoms with Gasteiger partial charge in [0.1, 0.15) is 17.5 Å². The van der Waals surface area contributed by atoms with E-state index in [4.69, 9.17) is 14.2 Å². The molecule has 1 amide bonds. The number of methoxy groups -OCH3 is 3. The molecular formula is C23H32N4O6. The molecule has 0 unspecified atom stereocenters. The van der Waals surface area contributed by atoms with Crippen LogP contribution in [0.3, 0.4) is 0 Å². The molecule has 2 aromatic rings. The molecule has 1 saturated heterocycles. The predicted molar refractivity (Wildman–Crippen MR) is 121 cm³/mol. The number of nitrogens with zero attached hydrogens (tertiary/aromatic N) is 4. The van der Waals surface area contributed by atoms with E-state index in [0.717, 1.165) is 31.2 Å². The van der Waals surface area contributed by atoms with Crippen molar-refractivity contribution in [3.05, 3.63) is 18.3 Å². The number of hydrogen-bond donors (Lipinski definition) is 1. The molecule has 1 aromatic heterocycles. The zero-order valence-corrected chi connectivity index (χ0v) is 19.5. The maximum atomic E-state index is 12.5. The zero-order valence-electron chi connectivity index (χ0n) is 19.5. The quantitative estimate of drug-likeness (QED) is 0.509. The molecule has 0 bridgehead atoms. The van der Waals surface area contributed by atoms with Crippen molar-refractivity contribution in [2.45, 2.75) is 57.5 Å². The van der Waals surface area contributed by atoms with Crippen LogP contribution in [0.15, 0.2) is 18.3 Å². The third-order valence-corrected chi connectivity index (χ3v) is 5.91. The van der Waals surface area contributed by atoms with Gasteiger partial charge in [0, 0.05) is 31.1 Å². The molecule has 1 fully saturated rings. The molecule has 1 aromatic carbocycles. The summed E-state index contributed by atoms with van der Waals surface area (Å²) in [5.74, 6) is 0.781. The maximum absolute atomic E-state index is 12.5. The van der Waals surface area contributed by atoms with Crippen LogP contribution in [-0.4, -0.2) is 70.8 Å². The van der Waals surface area contributed by atoms with Crippen molar-refractivity contribution in [2.75, 3.05) is 27.9 Å². The summed E-state index contributed by atoms with van der Waals surface area (Å²) < 4.78 is 17.9. The van der Waals surface area contributed by atoms with Crippen LogP contribution in [0.1, 0.15) is 44.9 Å². The Morgan fingerprint density at radius 2 is 1.76 bits per heavy atom. The number of amides is 1. The predicted octanol–water partition coefficient (Wildman–Crippen LogP) is 3.00. The second-order valence-electron chi connectivity index (χ2n) is 8.02. The fraction of sp³-hybridized carbons (Fsp3) is 0.565. The van der Waals surface area contributed by atoms with Crippen LogP contribution in [0.25, 0.3) is 11.3 Å². The van der Waals surface area contributed by atoms with Crippen molar-refractivity contribution in [3.63, 3.8) is 0 Å². The first kappa shape index (κ1) is 24.3. The molecule has 33 heavy (non-hydrogen) atoms. The Morgan fingerprint density at radius 3 is 2.45 bits per heavy atom. The highest BCUT2D eigenvalue weighted by Gasteiger charge is 2.31. The minimum atomic E-state index is -0.906. The van der Waals surface area contributed by atoms with Gasteiger partial charge in [-0.2, -0.15) is 0 Å². The molecule has 1 atom stereocenters. The normalized spacial score (nSPS) is 15.8. The Labute approximate surface area is 193 Å². The van der Waals surface area contributed by atoms with Gasteiger partial charge in [0.15, 0.2) is 11.5 Å². The highest BCUT2D eigenvalue weighted by molar-refractivity contribution is 5.83. The minimum Gasteiger partial charge on any atom is -0.496 e.